The monoisotopic (exact) mass is 293 g/mol. The zero-order valence-electron chi connectivity index (χ0n) is 11.8. The highest BCUT2D eigenvalue weighted by Gasteiger charge is 2.33. The van der Waals surface area contributed by atoms with Gasteiger partial charge in [0.1, 0.15) is 12.7 Å². The van der Waals surface area contributed by atoms with Gasteiger partial charge in [-0.2, -0.15) is 0 Å². The summed E-state index contributed by atoms with van der Waals surface area (Å²) in [6, 6.07) is 0. The third-order valence-electron chi connectivity index (χ3n) is 3.92. The molecule has 0 aromatic heterocycles. The molecule has 0 aromatic carbocycles. The van der Waals surface area contributed by atoms with Gasteiger partial charge in [0.2, 0.25) is 0 Å². The largest absolute Gasteiger partial charge is 0.443 e. The highest BCUT2D eigenvalue weighted by Crippen LogP contribution is 2.27. The van der Waals surface area contributed by atoms with Crippen LogP contribution < -0.4 is 5.73 Å². The highest BCUT2D eigenvalue weighted by atomic mass is 16.6. The number of rotatable bonds is 3. The van der Waals surface area contributed by atoms with E-state index in [9.17, 15) is 9.59 Å². The molecule has 1 atom stereocenters. The summed E-state index contributed by atoms with van der Waals surface area (Å²) in [5.41, 5.74) is 7.43. The van der Waals surface area contributed by atoms with Crippen molar-refractivity contribution in [1.29, 1.82) is 0 Å². The smallest absolute Gasteiger partial charge is 0.414 e. The van der Waals surface area contributed by atoms with Crippen molar-refractivity contribution in [3.05, 3.63) is 23.5 Å². The van der Waals surface area contributed by atoms with Gasteiger partial charge in [-0.3, -0.25) is 9.69 Å². The minimum Gasteiger partial charge on any atom is -0.443 e. The van der Waals surface area contributed by atoms with Crippen LogP contribution >= 0.6 is 0 Å². The van der Waals surface area contributed by atoms with Crippen molar-refractivity contribution in [1.82, 2.24) is 9.80 Å². The molecule has 7 heteroatoms. The Hall–Kier alpha value is -1.86. The van der Waals surface area contributed by atoms with E-state index in [0.29, 0.717) is 32.7 Å². The van der Waals surface area contributed by atoms with Crippen molar-refractivity contribution in [2.45, 2.75) is 18.9 Å². The van der Waals surface area contributed by atoms with Crippen molar-refractivity contribution in [3.63, 3.8) is 0 Å². The molecule has 2 aliphatic heterocycles. The number of nitrogens with two attached hydrogens (primary N) is 1. The first-order valence-corrected chi connectivity index (χ1v) is 7.15. The van der Waals surface area contributed by atoms with Crippen LogP contribution in [0.4, 0.5) is 4.79 Å². The maximum atomic E-state index is 11.8. The molecule has 2 heterocycles. The molecule has 21 heavy (non-hydrogen) atoms. The zero-order valence-corrected chi connectivity index (χ0v) is 11.8. The molecule has 2 N–H and O–H groups in total. The van der Waals surface area contributed by atoms with E-state index in [1.54, 1.807) is 9.80 Å². The molecular formula is C14H19N3O4. The molecular weight excluding hydrogens is 274 g/mol. The Bertz CT molecular complexity index is 514. The lowest BCUT2D eigenvalue weighted by Crippen LogP contribution is -2.41. The van der Waals surface area contributed by atoms with Crippen LogP contribution in [-0.2, 0) is 14.3 Å². The number of amides is 2. The lowest BCUT2D eigenvalue weighted by atomic mass is 10.1. The third-order valence-corrected chi connectivity index (χ3v) is 3.92. The van der Waals surface area contributed by atoms with Crippen LogP contribution in [0.5, 0.6) is 0 Å². The van der Waals surface area contributed by atoms with E-state index in [1.165, 1.54) is 0 Å². The lowest BCUT2D eigenvalue weighted by Gasteiger charge is -2.31. The summed E-state index contributed by atoms with van der Waals surface area (Å²) in [5.74, 6) is -0.00636. The zero-order chi connectivity index (χ0) is 14.8. The Morgan fingerprint density at radius 2 is 1.90 bits per heavy atom. The van der Waals surface area contributed by atoms with Crippen molar-refractivity contribution in [2.75, 3.05) is 32.8 Å². The number of carbonyl (C=O) groups excluding carboxylic acids is 2. The Labute approximate surface area is 122 Å². The second-order valence-electron chi connectivity index (χ2n) is 5.27. The Balaban J connectivity index is 1.70. The first-order chi connectivity index (χ1) is 10.2. The van der Waals surface area contributed by atoms with Crippen LogP contribution in [0.25, 0.3) is 0 Å². The molecule has 0 aromatic rings. The Morgan fingerprint density at radius 1 is 1.19 bits per heavy atom. The van der Waals surface area contributed by atoms with E-state index in [1.807, 2.05) is 12.2 Å². The number of morpholine rings is 1. The van der Waals surface area contributed by atoms with Gasteiger partial charge in [0.05, 0.1) is 13.2 Å². The van der Waals surface area contributed by atoms with Crippen molar-refractivity contribution >= 4 is 12.0 Å². The normalized spacial score (nSPS) is 26.6. The summed E-state index contributed by atoms with van der Waals surface area (Å²) in [5, 5.41) is 0. The summed E-state index contributed by atoms with van der Waals surface area (Å²) in [6.45, 7) is 2.13. The fraction of sp³-hybridized carbons (Fsp3) is 0.571. The van der Waals surface area contributed by atoms with Gasteiger partial charge in [0.15, 0.2) is 0 Å². The number of cyclic esters (lactones) is 1. The maximum Gasteiger partial charge on any atom is 0.414 e. The van der Waals surface area contributed by atoms with E-state index in [2.05, 4.69) is 0 Å². The fourth-order valence-corrected chi connectivity index (χ4v) is 2.77. The maximum absolute atomic E-state index is 11.8. The van der Waals surface area contributed by atoms with E-state index < -0.39 is 0 Å². The minimum atomic E-state index is -0.337. The van der Waals surface area contributed by atoms with Gasteiger partial charge in [-0.05, 0) is 25.0 Å². The number of ether oxygens (including phenoxy) is 2. The Morgan fingerprint density at radius 3 is 2.48 bits per heavy atom. The molecule has 0 saturated carbocycles. The number of nitrogens with zero attached hydrogens (tertiary/aromatic N) is 2. The van der Waals surface area contributed by atoms with Gasteiger partial charge in [-0.25, -0.2) is 4.79 Å². The molecule has 2 saturated heterocycles. The van der Waals surface area contributed by atoms with Gasteiger partial charge in [0, 0.05) is 24.5 Å². The molecule has 1 aliphatic carbocycles. The average Bonchev–Trinajstić information content (AvgIpc) is 2.89. The summed E-state index contributed by atoms with van der Waals surface area (Å²) in [4.78, 5) is 27.0. The summed E-state index contributed by atoms with van der Waals surface area (Å²) >= 11 is 0. The number of hydrogen-bond acceptors (Lipinski definition) is 5. The second kappa shape index (κ2) is 5.87. The van der Waals surface area contributed by atoms with E-state index >= 15 is 0 Å². The molecule has 0 radical (unpaired) electrons. The first-order valence-electron chi connectivity index (χ1n) is 7.15. The number of allylic oxidation sites excluding steroid dienone is 4. The minimum absolute atomic E-state index is 0.00636. The second-order valence-corrected chi connectivity index (χ2v) is 5.27. The molecule has 0 unspecified atom stereocenters. The molecule has 3 rings (SSSR count). The average molecular weight is 293 g/mol. The van der Waals surface area contributed by atoms with Crippen LogP contribution in [0.1, 0.15) is 12.8 Å². The standard InChI is InChI=1S/C14H19N3O4/c15-7-12-8-17(14(19)21-12)11-3-1-10(2-4-11)16-5-6-20-9-13(16)18/h1,3,12H,2,4-9,15H2/t12-/m0/s1. The van der Waals surface area contributed by atoms with E-state index in [0.717, 1.165) is 17.8 Å². The Kier molecular flexibility index (Phi) is 3.94. The fourth-order valence-electron chi connectivity index (χ4n) is 2.77. The predicted octanol–water partition coefficient (Wildman–Crippen LogP) is 0.186. The predicted molar refractivity (Wildman–Crippen MR) is 74.0 cm³/mol. The molecule has 2 fully saturated rings. The molecule has 114 valence electrons. The van der Waals surface area contributed by atoms with E-state index in [-0.39, 0.29) is 24.7 Å². The molecule has 0 bridgehead atoms. The van der Waals surface area contributed by atoms with Crippen LogP contribution in [0.3, 0.4) is 0 Å². The van der Waals surface area contributed by atoms with Crippen molar-refractivity contribution < 1.29 is 19.1 Å². The summed E-state index contributed by atoms with van der Waals surface area (Å²) in [7, 11) is 0. The molecule has 0 spiro atoms. The molecule has 2 amide bonds. The van der Waals surface area contributed by atoms with Crippen molar-refractivity contribution in [2.24, 2.45) is 5.73 Å². The lowest BCUT2D eigenvalue weighted by molar-refractivity contribution is -0.140. The highest BCUT2D eigenvalue weighted by molar-refractivity contribution is 5.80. The third kappa shape index (κ3) is 2.79. The van der Waals surface area contributed by atoms with Gasteiger partial charge < -0.3 is 20.1 Å². The topological polar surface area (TPSA) is 85.1 Å². The SMILES string of the molecule is NC[C@H]1CN(C2=CC=C(N3CCOCC3=O)CC2)C(=O)O1. The van der Waals surface area contributed by atoms with Gasteiger partial charge >= 0.3 is 6.09 Å². The summed E-state index contributed by atoms with van der Waals surface area (Å²) < 4.78 is 10.3. The van der Waals surface area contributed by atoms with E-state index in [4.69, 9.17) is 15.2 Å². The van der Waals surface area contributed by atoms with Crippen LogP contribution in [0.2, 0.25) is 0 Å². The molecule has 3 aliphatic rings. The number of carbonyl (C=O) groups is 2. The van der Waals surface area contributed by atoms with Crippen molar-refractivity contribution in [3.8, 4) is 0 Å². The van der Waals surface area contributed by atoms with Gasteiger partial charge in [0.25, 0.3) is 5.91 Å². The summed E-state index contributed by atoms with van der Waals surface area (Å²) in [6.07, 6.45) is 4.67. The van der Waals surface area contributed by atoms with Gasteiger partial charge in [-0.1, -0.05) is 0 Å². The van der Waals surface area contributed by atoms with Crippen LogP contribution in [-0.4, -0.2) is 60.8 Å². The first kappa shape index (κ1) is 14.1. The van der Waals surface area contributed by atoms with Crippen LogP contribution in [0.15, 0.2) is 23.5 Å². The van der Waals surface area contributed by atoms with Crippen LogP contribution in [0, 0.1) is 0 Å². The number of hydrogen-bond donors (Lipinski definition) is 1. The van der Waals surface area contributed by atoms with Gasteiger partial charge in [-0.15, -0.1) is 0 Å². The molecule has 7 nitrogen and oxygen atoms in total. The quantitative estimate of drug-likeness (QED) is 0.802.